The van der Waals surface area contributed by atoms with Gasteiger partial charge in [0.15, 0.2) is 0 Å². The fourth-order valence-corrected chi connectivity index (χ4v) is 1.78. The van der Waals surface area contributed by atoms with Crippen molar-refractivity contribution in [3.63, 3.8) is 0 Å². The van der Waals surface area contributed by atoms with E-state index >= 15 is 0 Å². The Hall–Kier alpha value is -1.87. The van der Waals surface area contributed by atoms with Crippen LogP contribution < -0.4 is 5.32 Å². The standard InChI is InChI=1S/C14H13ClN2O/c15-9-11-2-1-3-12(8-11)10-17-14(18)13-4-6-16-7-5-13/h1-8H,9-10H2,(H,17,18). The van der Waals surface area contributed by atoms with Gasteiger partial charge in [-0.05, 0) is 23.3 Å². The van der Waals surface area contributed by atoms with Gasteiger partial charge in [0, 0.05) is 30.4 Å². The van der Waals surface area contributed by atoms with Crippen LogP contribution in [0.1, 0.15) is 21.5 Å². The van der Waals surface area contributed by atoms with Gasteiger partial charge in [-0.2, -0.15) is 0 Å². The summed E-state index contributed by atoms with van der Waals surface area (Å²) in [5.74, 6) is 0.375. The van der Waals surface area contributed by atoms with Crippen LogP contribution in [0.25, 0.3) is 0 Å². The quantitative estimate of drug-likeness (QED) is 0.859. The summed E-state index contributed by atoms with van der Waals surface area (Å²) in [5.41, 5.74) is 2.70. The molecule has 0 fully saturated rings. The second-order valence-electron chi connectivity index (χ2n) is 3.87. The van der Waals surface area contributed by atoms with Gasteiger partial charge >= 0.3 is 0 Å². The number of halogens is 1. The van der Waals surface area contributed by atoms with E-state index in [4.69, 9.17) is 11.6 Å². The lowest BCUT2D eigenvalue weighted by atomic mass is 10.1. The highest BCUT2D eigenvalue weighted by molar-refractivity contribution is 6.17. The van der Waals surface area contributed by atoms with Gasteiger partial charge in [0.05, 0.1) is 0 Å². The third-order valence-electron chi connectivity index (χ3n) is 2.54. The van der Waals surface area contributed by atoms with Crippen molar-refractivity contribution in [2.24, 2.45) is 0 Å². The van der Waals surface area contributed by atoms with Gasteiger partial charge in [-0.25, -0.2) is 0 Å². The van der Waals surface area contributed by atoms with Gasteiger partial charge < -0.3 is 5.32 Å². The van der Waals surface area contributed by atoms with Crippen molar-refractivity contribution in [1.82, 2.24) is 10.3 Å². The average Bonchev–Trinajstić information content (AvgIpc) is 2.46. The van der Waals surface area contributed by atoms with Crippen LogP contribution in [0.15, 0.2) is 48.8 Å². The lowest BCUT2D eigenvalue weighted by molar-refractivity contribution is 0.0951. The minimum Gasteiger partial charge on any atom is -0.348 e. The van der Waals surface area contributed by atoms with Gasteiger partial charge in [-0.3, -0.25) is 9.78 Å². The molecule has 2 rings (SSSR count). The molecule has 0 aliphatic carbocycles. The number of hydrogen-bond acceptors (Lipinski definition) is 2. The number of pyridine rings is 1. The summed E-state index contributed by atoms with van der Waals surface area (Å²) in [5, 5.41) is 2.86. The van der Waals surface area contributed by atoms with Crippen LogP contribution in [-0.4, -0.2) is 10.9 Å². The fraction of sp³-hybridized carbons (Fsp3) is 0.143. The van der Waals surface area contributed by atoms with Crippen LogP contribution in [0.3, 0.4) is 0 Å². The Morgan fingerprint density at radius 3 is 2.61 bits per heavy atom. The maximum atomic E-state index is 11.8. The Morgan fingerprint density at radius 2 is 1.89 bits per heavy atom. The average molecular weight is 261 g/mol. The van der Waals surface area contributed by atoms with E-state index in [2.05, 4.69) is 10.3 Å². The summed E-state index contributed by atoms with van der Waals surface area (Å²) in [4.78, 5) is 15.7. The molecule has 18 heavy (non-hydrogen) atoms. The molecule has 0 aliphatic heterocycles. The van der Waals surface area contributed by atoms with E-state index < -0.39 is 0 Å². The molecule has 0 unspecified atom stereocenters. The molecular formula is C14H13ClN2O. The van der Waals surface area contributed by atoms with E-state index in [9.17, 15) is 4.79 Å². The molecule has 0 saturated heterocycles. The van der Waals surface area contributed by atoms with Crippen LogP contribution in [0.5, 0.6) is 0 Å². The van der Waals surface area contributed by atoms with E-state index in [1.807, 2.05) is 24.3 Å². The van der Waals surface area contributed by atoms with E-state index in [1.165, 1.54) is 0 Å². The van der Waals surface area contributed by atoms with Crippen molar-refractivity contribution >= 4 is 17.5 Å². The topological polar surface area (TPSA) is 42.0 Å². The van der Waals surface area contributed by atoms with Crippen LogP contribution in [-0.2, 0) is 12.4 Å². The third-order valence-corrected chi connectivity index (χ3v) is 2.85. The SMILES string of the molecule is O=C(NCc1cccc(CCl)c1)c1ccncc1. The number of amides is 1. The first kappa shape index (κ1) is 12.6. The number of nitrogens with one attached hydrogen (secondary N) is 1. The summed E-state index contributed by atoms with van der Waals surface area (Å²) >= 11 is 5.76. The molecule has 1 aromatic carbocycles. The number of aromatic nitrogens is 1. The molecule has 3 nitrogen and oxygen atoms in total. The normalized spacial score (nSPS) is 10.1. The zero-order valence-electron chi connectivity index (χ0n) is 9.77. The van der Waals surface area contributed by atoms with E-state index in [-0.39, 0.29) is 5.91 Å². The molecule has 0 spiro atoms. The summed E-state index contributed by atoms with van der Waals surface area (Å²) in [6.45, 7) is 0.492. The Balaban J connectivity index is 1.97. The molecule has 0 radical (unpaired) electrons. The Kier molecular flexibility index (Phi) is 4.31. The van der Waals surface area contributed by atoms with Gasteiger partial charge in [0.2, 0.25) is 0 Å². The molecule has 1 amide bonds. The molecule has 2 aromatic rings. The molecule has 1 aromatic heterocycles. The molecular weight excluding hydrogens is 248 g/mol. The number of benzene rings is 1. The Labute approximate surface area is 111 Å². The number of hydrogen-bond donors (Lipinski definition) is 1. The molecule has 0 aliphatic rings. The smallest absolute Gasteiger partial charge is 0.251 e. The summed E-state index contributed by atoms with van der Waals surface area (Å²) in [7, 11) is 0. The first-order chi connectivity index (χ1) is 8.79. The second-order valence-corrected chi connectivity index (χ2v) is 4.14. The number of carbonyl (C=O) groups is 1. The number of nitrogens with zero attached hydrogens (tertiary/aromatic N) is 1. The maximum absolute atomic E-state index is 11.8. The number of alkyl halides is 1. The second kappa shape index (κ2) is 6.17. The molecule has 1 N–H and O–H groups in total. The zero-order chi connectivity index (χ0) is 12.8. The summed E-state index contributed by atoms with van der Waals surface area (Å²) < 4.78 is 0. The maximum Gasteiger partial charge on any atom is 0.251 e. The van der Waals surface area contributed by atoms with Crippen LogP contribution in [0.2, 0.25) is 0 Å². The first-order valence-electron chi connectivity index (χ1n) is 5.61. The lowest BCUT2D eigenvalue weighted by Crippen LogP contribution is -2.22. The third kappa shape index (κ3) is 3.31. The number of carbonyl (C=O) groups excluding carboxylic acids is 1. The molecule has 0 atom stereocenters. The highest BCUT2D eigenvalue weighted by Gasteiger charge is 2.04. The van der Waals surface area contributed by atoms with Crippen LogP contribution in [0, 0.1) is 0 Å². The van der Waals surface area contributed by atoms with Crippen molar-refractivity contribution in [1.29, 1.82) is 0 Å². The highest BCUT2D eigenvalue weighted by Crippen LogP contribution is 2.08. The van der Waals surface area contributed by atoms with E-state index in [0.717, 1.165) is 11.1 Å². The van der Waals surface area contributed by atoms with Gasteiger partial charge in [0.1, 0.15) is 0 Å². The predicted molar refractivity (Wildman–Crippen MR) is 71.4 cm³/mol. The minimum absolute atomic E-state index is 0.103. The largest absolute Gasteiger partial charge is 0.348 e. The van der Waals surface area contributed by atoms with Crippen molar-refractivity contribution < 1.29 is 4.79 Å². The van der Waals surface area contributed by atoms with Crippen molar-refractivity contribution in [2.45, 2.75) is 12.4 Å². The Bertz CT molecular complexity index is 528. The zero-order valence-corrected chi connectivity index (χ0v) is 10.5. The van der Waals surface area contributed by atoms with Crippen LogP contribution in [0.4, 0.5) is 0 Å². The lowest BCUT2D eigenvalue weighted by Gasteiger charge is -2.06. The van der Waals surface area contributed by atoms with Gasteiger partial charge in [-0.15, -0.1) is 11.6 Å². The summed E-state index contributed by atoms with van der Waals surface area (Å²) in [6.07, 6.45) is 3.20. The van der Waals surface area contributed by atoms with Gasteiger partial charge in [-0.1, -0.05) is 24.3 Å². The number of rotatable bonds is 4. The molecule has 1 heterocycles. The van der Waals surface area contributed by atoms with Crippen LogP contribution >= 0.6 is 11.6 Å². The van der Waals surface area contributed by atoms with E-state index in [1.54, 1.807) is 24.5 Å². The summed E-state index contributed by atoms with van der Waals surface area (Å²) in [6, 6.07) is 11.2. The van der Waals surface area contributed by atoms with E-state index in [0.29, 0.717) is 18.0 Å². The molecule has 0 saturated carbocycles. The molecule has 0 bridgehead atoms. The first-order valence-corrected chi connectivity index (χ1v) is 6.15. The van der Waals surface area contributed by atoms with Crippen molar-refractivity contribution in [3.8, 4) is 0 Å². The fourth-order valence-electron chi connectivity index (χ4n) is 1.61. The minimum atomic E-state index is -0.103. The monoisotopic (exact) mass is 260 g/mol. The molecule has 92 valence electrons. The van der Waals surface area contributed by atoms with Gasteiger partial charge in [0.25, 0.3) is 5.91 Å². The highest BCUT2D eigenvalue weighted by atomic mass is 35.5. The van der Waals surface area contributed by atoms with Crippen molar-refractivity contribution in [3.05, 3.63) is 65.5 Å². The predicted octanol–water partition coefficient (Wildman–Crippen LogP) is 2.75. The Morgan fingerprint density at radius 1 is 1.17 bits per heavy atom. The van der Waals surface area contributed by atoms with Crippen molar-refractivity contribution in [2.75, 3.05) is 0 Å². The molecule has 4 heteroatoms.